The smallest absolute Gasteiger partial charge is 0.326 e. The van der Waals surface area contributed by atoms with Gasteiger partial charge in [-0.25, -0.2) is 9.59 Å². The fourth-order valence-electron chi connectivity index (χ4n) is 1.55. The number of thioether (sulfide) groups is 1. The van der Waals surface area contributed by atoms with Crippen LogP contribution in [0.5, 0.6) is 0 Å². The van der Waals surface area contributed by atoms with Crippen LogP contribution in [0.1, 0.15) is 12.8 Å². The third-order valence-corrected chi connectivity index (χ3v) is 3.52. The average Bonchev–Trinajstić information content (AvgIpc) is 2.34. The zero-order chi connectivity index (χ0) is 13.5. The second-order valence-corrected chi connectivity index (χ2v) is 5.17. The number of amides is 3. The highest BCUT2D eigenvalue weighted by Crippen LogP contribution is 2.09. The maximum Gasteiger partial charge on any atom is 0.326 e. The number of hydrogen-bond donors (Lipinski definition) is 3. The van der Waals surface area contributed by atoms with Crippen LogP contribution < -0.4 is 11.1 Å². The van der Waals surface area contributed by atoms with E-state index in [4.69, 9.17) is 10.8 Å². The van der Waals surface area contributed by atoms with Crippen LogP contribution in [-0.2, 0) is 9.59 Å². The molecule has 4 N–H and O–H groups in total. The van der Waals surface area contributed by atoms with E-state index in [2.05, 4.69) is 5.32 Å². The van der Waals surface area contributed by atoms with Crippen LogP contribution in [-0.4, -0.2) is 58.6 Å². The van der Waals surface area contributed by atoms with E-state index in [-0.39, 0.29) is 12.8 Å². The molecule has 0 aromatic rings. The molecule has 0 saturated carbocycles. The first-order valence-electron chi connectivity index (χ1n) is 5.65. The van der Waals surface area contributed by atoms with Gasteiger partial charge in [-0.05, 0) is 6.42 Å². The number of nitrogens with zero attached hydrogens (tertiary/aromatic N) is 1. The van der Waals surface area contributed by atoms with Gasteiger partial charge in [0.15, 0.2) is 0 Å². The van der Waals surface area contributed by atoms with Crippen molar-refractivity contribution in [3.05, 3.63) is 0 Å². The molecule has 7 nitrogen and oxygen atoms in total. The van der Waals surface area contributed by atoms with E-state index < -0.39 is 23.9 Å². The highest BCUT2D eigenvalue weighted by atomic mass is 32.2. The molecule has 0 unspecified atom stereocenters. The van der Waals surface area contributed by atoms with Gasteiger partial charge in [0, 0.05) is 31.0 Å². The van der Waals surface area contributed by atoms with Gasteiger partial charge in [0.2, 0.25) is 5.91 Å². The molecular weight excluding hydrogens is 258 g/mol. The number of carbonyl (C=O) groups excluding carboxylic acids is 2. The zero-order valence-electron chi connectivity index (χ0n) is 9.92. The van der Waals surface area contributed by atoms with E-state index >= 15 is 0 Å². The van der Waals surface area contributed by atoms with E-state index in [9.17, 15) is 14.4 Å². The lowest BCUT2D eigenvalue weighted by Gasteiger charge is -2.28. The van der Waals surface area contributed by atoms with Crippen molar-refractivity contribution in [1.29, 1.82) is 0 Å². The number of nitrogens with one attached hydrogen (secondary N) is 1. The van der Waals surface area contributed by atoms with Gasteiger partial charge in [-0.2, -0.15) is 11.8 Å². The molecule has 0 aromatic heterocycles. The van der Waals surface area contributed by atoms with Crippen molar-refractivity contribution in [3.63, 3.8) is 0 Å². The Kier molecular flexibility index (Phi) is 5.76. The minimum atomic E-state index is -1.16. The quantitative estimate of drug-likeness (QED) is 0.624. The van der Waals surface area contributed by atoms with E-state index in [1.165, 1.54) is 0 Å². The molecule has 0 radical (unpaired) electrons. The maximum atomic E-state index is 11.8. The molecule has 1 atom stereocenters. The fraction of sp³-hybridized carbons (Fsp3) is 0.700. The minimum absolute atomic E-state index is 0.0129. The van der Waals surface area contributed by atoms with E-state index in [0.717, 1.165) is 11.5 Å². The van der Waals surface area contributed by atoms with E-state index in [1.54, 1.807) is 16.7 Å². The van der Waals surface area contributed by atoms with Crippen molar-refractivity contribution in [2.75, 3.05) is 24.6 Å². The third-order valence-electron chi connectivity index (χ3n) is 2.57. The molecule has 1 heterocycles. The van der Waals surface area contributed by atoms with Crippen molar-refractivity contribution in [2.24, 2.45) is 5.73 Å². The molecule has 0 aliphatic carbocycles. The van der Waals surface area contributed by atoms with Crippen LogP contribution >= 0.6 is 11.8 Å². The summed E-state index contributed by atoms with van der Waals surface area (Å²) in [5.41, 5.74) is 4.96. The number of carboxylic acids is 1. The van der Waals surface area contributed by atoms with Crippen LogP contribution in [0.4, 0.5) is 4.79 Å². The van der Waals surface area contributed by atoms with E-state index in [0.29, 0.717) is 13.1 Å². The Balaban J connectivity index is 2.46. The summed E-state index contributed by atoms with van der Waals surface area (Å²) in [5.74, 6) is -0.0281. The summed E-state index contributed by atoms with van der Waals surface area (Å²) < 4.78 is 0. The molecule has 1 fully saturated rings. The maximum absolute atomic E-state index is 11.8. The molecule has 102 valence electrons. The van der Waals surface area contributed by atoms with Gasteiger partial charge < -0.3 is 21.1 Å². The van der Waals surface area contributed by atoms with Crippen molar-refractivity contribution in [1.82, 2.24) is 10.2 Å². The largest absolute Gasteiger partial charge is 0.480 e. The molecule has 1 saturated heterocycles. The van der Waals surface area contributed by atoms with Gasteiger partial charge in [-0.3, -0.25) is 4.79 Å². The van der Waals surface area contributed by atoms with Crippen LogP contribution in [0.15, 0.2) is 0 Å². The summed E-state index contributed by atoms with van der Waals surface area (Å²) >= 11 is 1.76. The SMILES string of the molecule is NC(=O)CC[C@@H](NC(=O)N1CCSCC1)C(=O)O. The first kappa shape index (κ1) is 14.6. The molecule has 3 amide bonds. The Morgan fingerprint density at radius 1 is 1.33 bits per heavy atom. The number of carbonyl (C=O) groups is 3. The number of nitrogens with two attached hydrogens (primary N) is 1. The normalized spacial score (nSPS) is 17.0. The minimum Gasteiger partial charge on any atom is -0.480 e. The van der Waals surface area contributed by atoms with Crippen LogP contribution in [0, 0.1) is 0 Å². The Labute approximate surface area is 109 Å². The fourth-order valence-corrected chi connectivity index (χ4v) is 2.45. The molecular formula is C10H17N3O4S. The number of rotatable bonds is 5. The topological polar surface area (TPSA) is 113 Å². The highest BCUT2D eigenvalue weighted by molar-refractivity contribution is 7.99. The monoisotopic (exact) mass is 275 g/mol. The summed E-state index contributed by atoms with van der Waals surface area (Å²) in [6.07, 6.45) is -0.0495. The summed E-state index contributed by atoms with van der Waals surface area (Å²) in [5, 5.41) is 11.4. The summed E-state index contributed by atoms with van der Waals surface area (Å²) in [6.45, 7) is 1.22. The predicted octanol–water partition coefficient (Wildman–Crippen LogP) is -0.536. The number of hydrogen-bond acceptors (Lipinski definition) is 4. The Bertz CT molecular complexity index is 331. The van der Waals surface area contributed by atoms with Crippen LogP contribution in [0.3, 0.4) is 0 Å². The van der Waals surface area contributed by atoms with Gasteiger partial charge in [0.25, 0.3) is 0 Å². The first-order valence-corrected chi connectivity index (χ1v) is 6.80. The van der Waals surface area contributed by atoms with Gasteiger partial charge in [-0.1, -0.05) is 0 Å². The average molecular weight is 275 g/mol. The summed E-state index contributed by atoms with van der Waals surface area (Å²) in [4.78, 5) is 34.9. The predicted molar refractivity (Wildman–Crippen MR) is 67.3 cm³/mol. The zero-order valence-corrected chi connectivity index (χ0v) is 10.7. The lowest BCUT2D eigenvalue weighted by atomic mass is 10.1. The lowest BCUT2D eigenvalue weighted by molar-refractivity contribution is -0.139. The number of carboxylic acid groups (broad SMARTS) is 1. The van der Waals surface area contributed by atoms with Gasteiger partial charge in [-0.15, -0.1) is 0 Å². The Morgan fingerprint density at radius 2 is 1.94 bits per heavy atom. The lowest BCUT2D eigenvalue weighted by Crippen LogP contribution is -2.50. The third kappa shape index (κ3) is 4.82. The summed E-state index contributed by atoms with van der Waals surface area (Å²) in [6, 6.07) is -1.47. The van der Waals surface area contributed by atoms with Crippen molar-refractivity contribution < 1.29 is 19.5 Å². The number of primary amides is 1. The Hall–Kier alpha value is -1.44. The molecule has 1 rings (SSSR count). The Morgan fingerprint density at radius 3 is 2.44 bits per heavy atom. The molecule has 0 bridgehead atoms. The molecule has 0 aromatic carbocycles. The van der Waals surface area contributed by atoms with E-state index in [1.807, 2.05) is 0 Å². The van der Waals surface area contributed by atoms with Crippen molar-refractivity contribution in [3.8, 4) is 0 Å². The highest BCUT2D eigenvalue weighted by Gasteiger charge is 2.24. The summed E-state index contributed by atoms with van der Waals surface area (Å²) in [7, 11) is 0. The standard InChI is InChI=1S/C10H17N3O4S/c11-8(14)2-1-7(9(15)16)12-10(17)13-3-5-18-6-4-13/h7H,1-6H2,(H2,11,14)(H,12,17)(H,15,16)/t7-/m1/s1. The molecule has 1 aliphatic rings. The van der Waals surface area contributed by atoms with Crippen LogP contribution in [0.2, 0.25) is 0 Å². The second-order valence-electron chi connectivity index (χ2n) is 3.94. The number of urea groups is 1. The molecule has 0 spiro atoms. The molecule has 18 heavy (non-hydrogen) atoms. The van der Waals surface area contributed by atoms with Crippen molar-refractivity contribution in [2.45, 2.75) is 18.9 Å². The van der Waals surface area contributed by atoms with Gasteiger partial charge in [0.1, 0.15) is 6.04 Å². The second kappa shape index (κ2) is 7.10. The van der Waals surface area contributed by atoms with Gasteiger partial charge in [0.05, 0.1) is 0 Å². The van der Waals surface area contributed by atoms with Crippen LogP contribution in [0.25, 0.3) is 0 Å². The van der Waals surface area contributed by atoms with Crippen molar-refractivity contribution >= 4 is 29.7 Å². The molecule has 8 heteroatoms. The first-order chi connectivity index (χ1) is 8.50. The number of aliphatic carboxylic acids is 1. The van der Waals surface area contributed by atoms with Gasteiger partial charge >= 0.3 is 12.0 Å². The molecule has 1 aliphatic heterocycles.